The number of nitrogens with zero attached hydrogens (tertiary/aromatic N) is 3. The smallest absolute Gasteiger partial charge is 0.350 e. The Hall–Kier alpha value is -2.02. The highest BCUT2D eigenvalue weighted by Crippen LogP contribution is 2.44. The van der Waals surface area contributed by atoms with E-state index >= 15 is 0 Å². The number of aromatic nitrogens is 3. The molecule has 0 aliphatic heterocycles. The lowest BCUT2D eigenvalue weighted by Crippen LogP contribution is -2.05. The van der Waals surface area contributed by atoms with Crippen molar-refractivity contribution in [1.29, 1.82) is 0 Å². The maximum Gasteiger partial charge on any atom is 0.350 e. The number of hydrogen-bond donors (Lipinski definition) is 1. The summed E-state index contributed by atoms with van der Waals surface area (Å²) in [6.45, 7) is 3.93. The minimum atomic E-state index is -0.310. The fraction of sp³-hybridized carbons (Fsp3) is 0.429. The molecule has 1 aliphatic rings. The van der Waals surface area contributed by atoms with E-state index in [0.717, 1.165) is 18.5 Å². The number of aryl methyl sites for hydroxylation is 1. The Labute approximate surface area is 126 Å². The highest BCUT2D eigenvalue weighted by atomic mass is 32.1. The van der Waals surface area contributed by atoms with Gasteiger partial charge in [-0.25, -0.2) is 19.7 Å². The van der Waals surface area contributed by atoms with Crippen molar-refractivity contribution < 1.29 is 9.53 Å². The Bertz CT molecular complexity index is 694. The molecule has 0 atom stereocenters. The Morgan fingerprint density at radius 3 is 2.86 bits per heavy atom. The third-order valence-electron chi connectivity index (χ3n) is 3.25. The molecule has 0 aromatic carbocycles. The summed E-state index contributed by atoms with van der Waals surface area (Å²) in [5, 5.41) is 0.678. The van der Waals surface area contributed by atoms with E-state index in [1.807, 2.05) is 0 Å². The molecule has 2 heterocycles. The fourth-order valence-corrected chi connectivity index (χ4v) is 3.14. The number of ether oxygens (including phenoxy) is 1. The largest absolute Gasteiger partial charge is 0.462 e. The van der Waals surface area contributed by atoms with Gasteiger partial charge in [-0.3, -0.25) is 0 Å². The van der Waals surface area contributed by atoms with Crippen LogP contribution in [-0.4, -0.2) is 27.5 Å². The lowest BCUT2D eigenvalue weighted by atomic mass is 10.2. The average molecular weight is 304 g/mol. The van der Waals surface area contributed by atoms with Crippen LogP contribution in [0.3, 0.4) is 0 Å². The lowest BCUT2D eigenvalue weighted by molar-refractivity contribution is 0.0530. The number of carbonyl (C=O) groups excluding carboxylic acids is 1. The Balaban J connectivity index is 2.03. The van der Waals surface area contributed by atoms with E-state index in [9.17, 15) is 4.79 Å². The number of carbonyl (C=O) groups is 1. The molecule has 2 aromatic heterocycles. The van der Waals surface area contributed by atoms with Gasteiger partial charge in [-0.05, 0) is 26.7 Å². The molecule has 0 saturated heterocycles. The molecule has 1 saturated carbocycles. The van der Waals surface area contributed by atoms with Crippen molar-refractivity contribution in [3.8, 4) is 10.6 Å². The molecule has 0 amide bonds. The number of hydrogen-bond acceptors (Lipinski definition) is 7. The molecule has 21 heavy (non-hydrogen) atoms. The first-order chi connectivity index (χ1) is 10.1. The zero-order valence-electron chi connectivity index (χ0n) is 11.9. The number of esters is 1. The van der Waals surface area contributed by atoms with Gasteiger partial charge in [0.15, 0.2) is 0 Å². The third kappa shape index (κ3) is 2.73. The SMILES string of the molecule is CCOC(=O)c1sc(-c2cnc(C)nc2N)nc1C1CC1. The Morgan fingerprint density at radius 1 is 1.48 bits per heavy atom. The van der Waals surface area contributed by atoms with Gasteiger partial charge in [0.1, 0.15) is 21.5 Å². The summed E-state index contributed by atoms with van der Waals surface area (Å²) in [5.74, 6) is 1.05. The van der Waals surface area contributed by atoms with E-state index in [0.29, 0.717) is 39.6 Å². The average Bonchev–Trinajstić information content (AvgIpc) is 3.19. The summed E-state index contributed by atoms with van der Waals surface area (Å²) in [5.41, 5.74) is 7.44. The lowest BCUT2D eigenvalue weighted by Gasteiger charge is -2.00. The van der Waals surface area contributed by atoms with Crippen molar-refractivity contribution in [2.75, 3.05) is 12.3 Å². The molecule has 0 unspecified atom stereocenters. The minimum absolute atomic E-state index is 0.310. The zero-order valence-corrected chi connectivity index (χ0v) is 12.7. The van der Waals surface area contributed by atoms with Gasteiger partial charge in [-0.15, -0.1) is 11.3 Å². The number of nitrogen functional groups attached to an aromatic ring is 1. The summed E-state index contributed by atoms with van der Waals surface area (Å²) >= 11 is 1.30. The molecular weight excluding hydrogens is 288 g/mol. The van der Waals surface area contributed by atoms with E-state index < -0.39 is 0 Å². The monoisotopic (exact) mass is 304 g/mol. The Morgan fingerprint density at radius 2 is 2.24 bits per heavy atom. The first-order valence-corrected chi connectivity index (χ1v) is 7.69. The van der Waals surface area contributed by atoms with Crippen LogP contribution in [0, 0.1) is 6.92 Å². The summed E-state index contributed by atoms with van der Waals surface area (Å²) in [7, 11) is 0. The molecule has 110 valence electrons. The molecule has 0 radical (unpaired) electrons. The number of rotatable bonds is 4. The van der Waals surface area contributed by atoms with E-state index in [1.165, 1.54) is 11.3 Å². The quantitative estimate of drug-likeness (QED) is 0.873. The molecule has 2 N–H and O–H groups in total. The van der Waals surface area contributed by atoms with Gasteiger partial charge < -0.3 is 10.5 Å². The van der Waals surface area contributed by atoms with Crippen molar-refractivity contribution in [2.45, 2.75) is 32.6 Å². The van der Waals surface area contributed by atoms with Crippen LogP contribution in [0.2, 0.25) is 0 Å². The molecule has 2 aromatic rings. The van der Waals surface area contributed by atoms with Crippen LogP contribution in [-0.2, 0) is 4.74 Å². The number of nitrogens with two attached hydrogens (primary N) is 1. The van der Waals surface area contributed by atoms with Crippen LogP contribution in [0.25, 0.3) is 10.6 Å². The third-order valence-corrected chi connectivity index (χ3v) is 4.33. The first kappa shape index (κ1) is 13.9. The number of thiazole rings is 1. The second-order valence-corrected chi connectivity index (χ2v) is 5.94. The van der Waals surface area contributed by atoms with Crippen LogP contribution in [0.5, 0.6) is 0 Å². The highest BCUT2D eigenvalue weighted by molar-refractivity contribution is 7.17. The van der Waals surface area contributed by atoms with Gasteiger partial charge in [0.2, 0.25) is 0 Å². The molecule has 3 rings (SSSR count). The molecular formula is C14H16N4O2S. The second kappa shape index (κ2) is 5.40. The van der Waals surface area contributed by atoms with Gasteiger partial charge in [-0.1, -0.05) is 0 Å². The molecule has 6 nitrogen and oxygen atoms in total. The van der Waals surface area contributed by atoms with E-state index in [1.54, 1.807) is 20.0 Å². The van der Waals surface area contributed by atoms with Crippen molar-refractivity contribution in [3.63, 3.8) is 0 Å². The van der Waals surface area contributed by atoms with Gasteiger partial charge in [0.25, 0.3) is 0 Å². The first-order valence-electron chi connectivity index (χ1n) is 6.87. The summed E-state index contributed by atoms with van der Waals surface area (Å²) in [4.78, 5) is 25.5. The highest BCUT2D eigenvalue weighted by Gasteiger charge is 2.33. The zero-order chi connectivity index (χ0) is 15.0. The van der Waals surface area contributed by atoms with Crippen molar-refractivity contribution in [1.82, 2.24) is 15.0 Å². The Kier molecular flexibility index (Phi) is 3.59. The fourth-order valence-electron chi connectivity index (χ4n) is 2.08. The van der Waals surface area contributed by atoms with Crippen LogP contribution >= 0.6 is 11.3 Å². The molecule has 0 bridgehead atoms. The van der Waals surface area contributed by atoms with Crippen LogP contribution in [0.15, 0.2) is 6.20 Å². The van der Waals surface area contributed by atoms with Crippen LogP contribution in [0.4, 0.5) is 5.82 Å². The maximum absolute atomic E-state index is 12.1. The topological polar surface area (TPSA) is 91.0 Å². The van der Waals surface area contributed by atoms with E-state index in [2.05, 4.69) is 15.0 Å². The molecule has 7 heteroatoms. The van der Waals surface area contributed by atoms with Gasteiger partial charge >= 0.3 is 5.97 Å². The normalized spacial score (nSPS) is 14.2. The van der Waals surface area contributed by atoms with E-state index in [-0.39, 0.29) is 5.97 Å². The van der Waals surface area contributed by atoms with Crippen molar-refractivity contribution in [3.05, 3.63) is 22.6 Å². The molecule has 0 spiro atoms. The van der Waals surface area contributed by atoms with Gasteiger partial charge in [-0.2, -0.15) is 0 Å². The van der Waals surface area contributed by atoms with Crippen molar-refractivity contribution in [2.24, 2.45) is 0 Å². The standard InChI is InChI=1S/C14H16N4O2S/c1-3-20-14(19)11-10(8-4-5-8)18-13(21-11)9-6-16-7(2)17-12(9)15/h6,8H,3-5H2,1-2H3,(H2,15,16,17). The number of anilines is 1. The summed E-state index contributed by atoms with van der Waals surface area (Å²) in [6, 6.07) is 0. The molecule has 1 fully saturated rings. The predicted octanol–water partition coefficient (Wildman–Crippen LogP) is 2.54. The second-order valence-electron chi connectivity index (χ2n) is 4.94. The van der Waals surface area contributed by atoms with Crippen LogP contribution < -0.4 is 5.73 Å². The molecule has 1 aliphatic carbocycles. The van der Waals surface area contributed by atoms with Crippen LogP contribution in [0.1, 0.15) is 46.9 Å². The minimum Gasteiger partial charge on any atom is -0.462 e. The van der Waals surface area contributed by atoms with Gasteiger partial charge in [0, 0.05) is 12.1 Å². The van der Waals surface area contributed by atoms with Gasteiger partial charge in [0.05, 0.1) is 17.9 Å². The van der Waals surface area contributed by atoms with E-state index in [4.69, 9.17) is 10.5 Å². The van der Waals surface area contributed by atoms with Crippen molar-refractivity contribution >= 4 is 23.1 Å². The predicted molar refractivity (Wildman–Crippen MR) is 80.2 cm³/mol. The summed E-state index contributed by atoms with van der Waals surface area (Å²) in [6.07, 6.45) is 3.78. The summed E-state index contributed by atoms with van der Waals surface area (Å²) < 4.78 is 5.11. The maximum atomic E-state index is 12.1.